The first-order valence-electron chi connectivity index (χ1n) is 14.6. The van der Waals surface area contributed by atoms with E-state index in [2.05, 4.69) is 145 Å². The summed E-state index contributed by atoms with van der Waals surface area (Å²) in [6.07, 6.45) is 10.3. The molecule has 40 heavy (non-hydrogen) atoms. The summed E-state index contributed by atoms with van der Waals surface area (Å²) in [6, 6.07) is 29.3. The molecule has 0 nitrogen and oxygen atoms in total. The van der Waals surface area contributed by atoms with Gasteiger partial charge < -0.3 is 0 Å². The van der Waals surface area contributed by atoms with Gasteiger partial charge in [0.2, 0.25) is 0 Å². The summed E-state index contributed by atoms with van der Waals surface area (Å²) >= 11 is 0. The maximum Gasteiger partial charge on any atom is 0.0155 e. The Kier molecular flexibility index (Phi) is 6.34. The van der Waals surface area contributed by atoms with Crippen molar-refractivity contribution in [3.05, 3.63) is 148 Å². The van der Waals surface area contributed by atoms with E-state index in [4.69, 9.17) is 0 Å². The summed E-state index contributed by atoms with van der Waals surface area (Å²) in [4.78, 5) is 0. The predicted molar refractivity (Wildman–Crippen MR) is 175 cm³/mol. The summed E-state index contributed by atoms with van der Waals surface area (Å²) in [5, 5.41) is 2.75. The average molecular weight is 521 g/mol. The van der Waals surface area contributed by atoms with Crippen LogP contribution in [0.5, 0.6) is 0 Å². The molecule has 0 heteroatoms. The lowest BCUT2D eigenvalue weighted by molar-refractivity contribution is 0.407. The molecule has 0 bridgehead atoms. The molecule has 0 radical (unpaired) electrons. The Labute approximate surface area is 240 Å². The van der Waals surface area contributed by atoms with Crippen LogP contribution < -0.4 is 0 Å². The number of hydrogen-bond acceptors (Lipinski definition) is 0. The zero-order valence-electron chi connectivity index (χ0n) is 24.8. The van der Waals surface area contributed by atoms with E-state index in [-0.39, 0.29) is 10.8 Å². The Morgan fingerprint density at radius 2 is 1.62 bits per heavy atom. The van der Waals surface area contributed by atoms with Crippen molar-refractivity contribution in [2.75, 3.05) is 0 Å². The minimum absolute atomic E-state index is 0.0500. The predicted octanol–water partition coefficient (Wildman–Crippen LogP) is 10.6. The highest BCUT2D eigenvalue weighted by Gasteiger charge is 2.38. The summed E-state index contributed by atoms with van der Waals surface area (Å²) in [5.41, 5.74) is 13.3. The van der Waals surface area contributed by atoms with Gasteiger partial charge in [-0.2, -0.15) is 0 Å². The lowest BCUT2D eigenvalue weighted by Gasteiger charge is -2.38. The largest absolute Gasteiger partial charge is 0.0984 e. The molecule has 0 saturated carbocycles. The maximum atomic E-state index is 4.19. The Morgan fingerprint density at radius 1 is 0.875 bits per heavy atom. The van der Waals surface area contributed by atoms with Gasteiger partial charge in [-0.1, -0.05) is 138 Å². The van der Waals surface area contributed by atoms with Gasteiger partial charge in [0, 0.05) is 5.41 Å². The topological polar surface area (TPSA) is 0 Å². The van der Waals surface area contributed by atoms with Crippen LogP contribution in [0.25, 0.3) is 28.0 Å². The van der Waals surface area contributed by atoms with E-state index < -0.39 is 0 Å². The summed E-state index contributed by atoms with van der Waals surface area (Å²) in [5.74, 6) is 0.335. The smallest absolute Gasteiger partial charge is 0.0155 e. The summed E-state index contributed by atoms with van der Waals surface area (Å²) in [6.45, 7) is 18.4. The van der Waals surface area contributed by atoms with E-state index in [1.165, 1.54) is 60.9 Å². The van der Waals surface area contributed by atoms with E-state index in [0.717, 1.165) is 12.0 Å². The molecule has 0 spiro atoms. The van der Waals surface area contributed by atoms with Crippen molar-refractivity contribution in [2.24, 2.45) is 5.92 Å². The van der Waals surface area contributed by atoms with Gasteiger partial charge in [-0.05, 0) is 97.2 Å². The van der Waals surface area contributed by atoms with Gasteiger partial charge in [0.25, 0.3) is 0 Å². The Hall–Kier alpha value is -3.90. The molecule has 2 aliphatic carbocycles. The fourth-order valence-electron chi connectivity index (χ4n) is 6.88. The quantitative estimate of drug-likeness (QED) is 0.186. The third kappa shape index (κ3) is 4.13. The summed E-state index contributed by atoms with van der Waals surface area (Å²) < 4.78 is 0. The molecule has 0 heterocycles. The molecule has 0 fully saturated rings. The molecule has 1 atom stereocenters. The standard InChI is InChI=1S/C40H40/c1-8-28(24-31-14-10-9-13-26(31)2)32-20-19-29-21-22-35-34(23-27(3)39(4,5)37(29)25-32)33-17-11-15-30-16-12-18-36(38(30)33)40(35,6)7/h8-20,22-25,27H,1,21H2,2-7H3/b28-24+,34-23-,35-22+. The van der Waals surface area contributed by atoms with Crippen molar-refractivity contribution in [1.82, 2.24) is 0 Å². The first kappa shape index (κ1) is 26.3. The molecule has 0 N–H and O–H groups in total. The fraction of sp³-hybridized carbons (Fsp3) is 0.250. The number of fused-ring (bicyclic) bond motifs is 3. The molecule has 2 aliphatic rings. The SMILES string of the molecule is C=C/C(=C\c1ccccc1C)c1ccc2c(c1)C(C)(C)C(C)/C=C1\C(=C/C2)C(C)(C)c2cccc3cccc1c23. The van der Waals surface area contributed by atoms with Crippen molar-refractivity contribution in [3.8, 4) is 0 Å². The van der Waals surface area contributed by atoms with Crippen molar-refractivity contribution < 1.29 is 0 Å². The second-order valence-electron chi connectivity index (χ2n) is 12.8. The fourth-order valence-corrected chi connectivity index (χ4v) is 6.88. The molecular weight excluding hydrogens is 480 g/mol. The zero-order valence-corrected chi connectivity index (χ0v) is 24.8. The molecule has 0 amide bonds. The van der Waals surface area contributed by atoms with E-state index in [1.54, 1.807) is 0 Å². The minimum Gasteiger partial charge on any atom is -0.0984 e. The van der Waals surface area contributed by atoms with Crippen LogP contribution >= 0.6 is 0 Å². The van der Waals surface area contributed by atoms with Crippen LogP contribution in [0, 0.1) is 12.8 Å². The van der Waals surface area contributed by atoms with E-state index in [9.17, 15) is 0 Å². The van der Waals surface area contributed by atoms with Gasteiger partial charge in [0.05, 0.1) is 0 Å². The lowest BCUT2D eigenvalue weighted by Crippen LogP contribution is -2.28. The van der Waals surface area contributed by atoms with Crippen molar-refractivity contribution >= 4 is 28.0 Å². The molecule has 0 aromatic heterocycles. The van der Waals surface area contributed by atoms with Gasteiger partial charge in [-0.15, -0.1) is 0 Å². The number of benzene rings is 4. The normalized spacial score (nSPS) is 21.9. The second-order valence-corrected chi connectivity index (χ2v) is 12.8. The van der Waals surface area contributed by atoms with Gasteiger partial charge >= 0.3 is 0 Å². The van der Waals surface area contributed by atoms with Gasteiger partial charge in [-0.3, -0.25) is 0 Å². The number of hydrogen-bond donors (Lipinski definition) is 0. The molecule has 6 rings (SSSR count). The highest BCUT2D eigenvalue weighted by atomic mass is 14.4. The lowest BCUT2D eigenvalue weighted by atomic mass is 9.65. The summed E-state index contributed by atoms with van der Waals surface area (Å²) in [7, 11) is 0. The van der Waals surface area contributed by atoms with E-state index in [1.807, 2.05) is 6.08 Å². The molecular formula is C40H40. The van der Waals surface area contributed by atoms with Crippen molar-refractivity contribution in [3.63, 3.8) is 0 Å². The van der Waals surface area contributed by atoms with E-state index in [0.29, 0.717) is 5.92 Å². The van der Waals surface area contributed by atoms with Gasteiger partial charge in [0.1, 0.15) is 0 Å². The molecule has 0 aliphatic heterocycles. The highest BCUT2D eigenvalue weighted by Crippen LogP contribution is 2.51. The van der Waals surface area contributed by atoms with Crippen LogP contribution in [-0.4, -0.2) is 0 Å². The van der Waals surface area contributed by atoms with Crippen LogP contribution in [0.15, 0.2) is 109 Å². The molecule has 1 unspecified atom stereocenters. The Balaban J connectivity index is 1.53. The van der Waals surface area contributed by atoms with Crippen LogP contribution in [0.1, 0.15) is 73.6 Å². The molecule has 0 saturated heterocycles. The van der Waals surface area contributed by atoms with Crippen molar-refractivity contribution in [2.45, 2.75) is 58.8 Å². The average Bonchev–Trinajstić information content (AvgIpc) is 2.98. The van der Waals surface area contributed by atoms with Crippen LogP contribution in [0.2, 0.25) is 0 Å². The first-order valence-corrected chi connectivity index (χ1v) is 14.6. The number of aryl methyl sites for hydroxylation is 1. The Bertz CT molecular complexity index is 1740. The maximum absolute atomic E-state index is 4.19. The van der Waals surface area contributed by atoms with Crippen LogP contribution in [0.4, 0.5) is 0 Å². The number of allylic oxidation sites excluding steroid dienone is 6. The monoisotopic (exact) mass is 520 g/mol. The van der Waals surface area contributed by atoms with E-state index >= 15 is 0 Å². The third-order valence-electron chi connectivity index (χ3n) is 9.77. The van der Waals surface area contributed by atoms with Crippen LogP contribution in [-0.2, 0) is 17.3 Å². The molecule has 4 aromatic rings. The molecule has 4 aromatic carbocycles. The third-order valence-corrected chi connectivity index (χ3v) is 9.77. The molecule has 200 valence electrons. The van der Waals surface area contributed by atoms with Gasteiger partial charge in [-0.25, -0.2) is 0 Å². The van der Waals surface area contributed by atoms with Crippen molar-refractivity contribution in [1.29, 1.82) is 0 Å². The van der Waals surface area contributed by atoms with Gasteiger partial charge in [0.15, 0.2) is 0 Å². The first-order chi connectivity index (χ1) is 19.1. The Morgan fingerprint density at radius 3 is 2.38 bits per heavy atom. The minimum atomic E-state index is -0.0692. The van der Waals surface area contributed by atoms with Crippen LogP contribution in [0.3, 0.4) is 0 Å². The second kappa shape index (κ2) is 9.63. The zero-order chi connectivity index (χ0) is 28.2. The number of rotatable bonds is 3. The highest BCUT2D eigenvalue weighted by molar-refractivity contribution is 6.04.